The van der Waals surface area contributed by atoms with Crippen LogP contribution in [0.4, 0.5) is 0 Å². The van der Waals surface area contributed by atoms with Crippen molar-refractivity contribution in [3.05, 3.63) is 66.2 Å². The number of aliphatic hydroxyl groups excluding tert-OH is 1. The molecular weight excluding hydrogens is 304 g/mol. The van der Waals surface area contributed by atoms with Crippen molar-refractivity contribution in [2.45, 2.75) is 40.7 Å². The summed E-state index contributed by atoms with van der Waals surface area (Å²) in [4.78, 5) is 0. The summed E-state index contributed by atoms with van der Waals surface area (Å²) in [6.07, 6.45) is -0.126. The molecule has 23 heavy (non-hydrogen) atoms. The molecule has 2 atom stereocenters. The summed E-state index contributed by atoms with van der Waals surface area (Å²) in [7, 11) is 0. The average molecular weight is 337 g/mol. The first-order chi connectivity index (χ1) is 10.8. The molecule has 2 aromatic rings. The zero-order valence-corrected chi connectivity index (χ0v) is 16.0. The molecule has 0 aliphatic heterocycles. The smallest absolute Gasteiger partial charge is 0.128 e. The number of hydrogen-bond donors (Lipinski definition) is 1. The van der Waals surface area contributed by atoms with Crippen molar-refractivity contribution in [1.82, 2.24) is 0 Å². The minimum absolute atomic E-state index is 0. The number of ether oxygens (including phenoxy) is 1. The molecular formula is C20H32O2S. The van der Waals surface area contributed by atoms with E-state index in [4.69, 9.17) is 4.74 Å². The van der Waals surface area contributed by atoms with E-state index in [0.717, 1.165) is 11.3 Å². The van der Waals surface area contributed by atoms with Gasteiger partial charge in [0.2, 0.25) is 0 Å². The van der Waals surface area contributed by atoms with Gasteiger partial charge in [0.05, 0.1) is 0 Å². The zero-order valence-electron chi connectivity index (χ0n) is 15.0. The van der Waals surface area contributed by atoms with Crippen LogP contribution < -0.4 is 4.74 Å². The van der Waals surface area contributed by atoms with E-state index >= 15 is 0 Å². The molecule has 130 valence electrons. The maximum absolute atomic E-state index is 9.36. The van der Waals surface area contributed by atoms with E-state index in [1.165, 1.54) is 0 Å². The molecule has 1 N–H and O–H groups in total. The van der Waals surface area contributed by atoms with Gasteiger partial charge in [-0.05, 0) is 17.7 Å². The fourth-order valence-electron chi connectivity index (χ4n) is 1.90. The first-order valence-electron chi connectivity index (χ1n) is 8.19. The molecule has 0 aliphatic rings. The summed E-state index contributed by atoms with van der Waals surface area (Å²) >= 11 is 0. The molecule has 0 fully saturated rings. The first-order valence-corrected chi connectivity index (χ1v) is 8.19. The molecule has 0 bridgehead atoms. The van der Waals surface area contributed by atoms with Crippen molar-refractivity contribution in [2.24, 2.45) is 5.92 Å². The molecule has 0 saturated carbocycles. The monoisotopic (exact) mass is 336 g/mol. The molecule has 0 aliphatic carbocycles. The summed E-state index contributed by atoms with van der Waals surface area (Å²) < 4.78 is 5.99. The van der Waals surface area contributed by atoms with Gasteiger partial charge in [-0.15, -0.1) is 0 Å². The van der Waals surface area contributed by atoms with Gasteiger partial charge >= 0.3 is 0 Å². The van der Waals surface area contributed by atoms with Gasteiger partial charge in [0, 0.05) is 12.5 Å². The first kappa shape index (κ1) is 23.8. The number of benzene rings is 2. The Kier molecular flexibility index (Phi) is 16.0. The van der Waals surface area contributed by atoms with Crippen molar-refractivity contribution in [1.29, 1.82) is 0 Å². The maximum atomic E-state index is 9.36. The summed E-state index contributed by atoms with van der Waals surface area (Å²) in [6, 6.07) is 19.7. The molecule has 0 aromatic heterocycles. The Balaban J connectivity index is 0. The lowest BCUT2D eigenvalue weighted by Gasteiger charge is -2.24. The quantitative estimate of drug-likeness (QED) is 0.770. The van der Waals surface area contributed by atoms with Crippen LogP contribution in [-0.4, -0.2) is 11.7 Å². The second-order valence-electron chi connectivity index (χ2n) is 4.42. The highest BCUT2D eigenvalue weighted by atomic mass is 32.1. The minimum atomic E-state index is -0.126. The molecule has 0 radical (unpaired) electrons. The highest BCUT2D eigenvalue weighted by molar-refractivity contribution is 7.59. The van der Waals surface area contributed by atoms with Crippen LogP contribution in [0.3, 0.4) is 0 Å². The lowest BCUT2D eigenvalue weighted by Crippen LogP contribution is -2.19. The molecule has 2 nitrogen and oxygen atoms in total. The molecule has 0 amide bonds. The minimum Gasteiger partial charge on any atom is -0.485 e. The Morgan fingerprint density at radius 1 is 0.826 bits per heavy atom. The summed E-state index contributed by atoms with van der Waals surface area (Å²) in [6.45, 7) is 10.1. The van der Waals surface area contributed by atoms with Crippen molar-refractivity contribution in [3.63, 3.8) is 0 Å². The lowest BCUT2D eigenvalue weighted by atomic mass is 9.98. The average Bonchev–Trinajstić information content (AvgIpc) is 2.64. The Bertz CT molecular complexity index is 460. The number of aliphatic hydroxyl groups is 1. The van der Waals surface area contributed by atoms with Crippen LogP contribution in [0.25, 0.3) is 0 Å². The summed E-state index contributed by atoms with van der Waals surface area (Å²) in [5.74, 6) is 0.874. The van der Waals surface area contributed by atoms with Gasteiger partial charge in [-0.1, -0.05) is 83.1 Å². The van der Waals surface area contributed by atoms with Crippen LogP contribution in [0.5, 0.6) is 5.75 Å². The van der Waals surface area contributed by atoms with Gasteiger partial charge in [0.25, 0.3) is 0 Å². The predicted molar refractivity (Wildman–Crippen MR) is 106 cm³/mol. The van der Waals surface area contributed by atoms with Crippen molar-refractivity contribution < 1.29 is 9.84 Å². The van der Waals surface area contributed by atoms with Gasteiger partial charge in [-0.2, -0.15) is 13.5 Å². The van der Waals surface area contributed by atoms with Gasteiger partial charge in [0.15, 0.2) is 0 Å². The van der Waals surface area contributed by atoms with Gasteiger partial charge < -0.3 is 9.84 Å². The van der Waals surface area contributed by atoms with Gasteiger partial charge in [-0.25, -0.2) is 0 Å². The zero-order chi connectivity index (χ0) is 16.8. The molecule has 0 heterocycles. The van der Waals surface area contributed by atoms with E-state index in [1.807, 2.05) is 95.3 Å². The van der Waals surface area contributed by atoms with E-state index in [9.17, 15) is 5.11 Å². The fraction of sp³-hybridized carbons (Fsp3) is 0.400. The Hall–Kier alpha value is -1.45. The highest BCUT2D eigenvalue weighted by Gasteiger charge is 2.20. The Labute approximate surface area is 149 Å². The SMILES string of the molecule is CC.CC.C[C@H](CO)[C@@H](Oc1ccccc1)c1ccccc1.S. The molecule has 0 spiro atoms. The second kappa shape index (κ2) is 15.4. The predicted octanol–water partition coefficient (Wildman–Crippen LogP) is 5.60. The Morgan fingerprint density at radius 3 is 1.70 bits per heavy atom. The largest absolute Gasteiger partial charge is 0.485 e. The van der Waals surface area contributed by atoms with Crippen LogP contribution in [0.1, 0.15) is 46.3 Å². The second-order valence-corrected chi connectivity index (χ2v) is 4.42. The standard InChI is InChI=1S/C16H18O2.2C2H6.H2S/c1-13(12-17)16(14-8-4-2-5-9-14)18-15-10-6-3-7-11-15;2*1-2;/h2-11,13,16-17H,12H2,1H3;2*1-2H3;1H2/t13-,16-;;;/m1.../s1. The number of para-hydroxylation sites is 1. The molecule has 3 heteroatoms. The molecule has 0 saturated heterocycles. The van der Waals surface area contributed by atoms with Gasteiger partial charge in [-0.3, -0.25) is 0 Å². The summed E-state index contributed by atoms with van der Waals surface area (Å²) in [5, 5.41) is 9.36. The van der Waals surface area contributed by atoms with Crippen LogP contribution in [0, 0.1) is 5.92 Å². The Morgan fingerprint density at radius 2 is 1.26 bits per heavy atom. The van der Waals surface area contributed by atoms with Crippen LogP contribution in [-0.2, 0) is 0 Å². The molecule has 0 unspecified atom stereocenters. The lowest BCUT2D eigenvalue weighted by molar-refractivity contribution is 0.0968. The van der Waals surface area contributed by atoms with E-state index in [0.29, 0.717) is 0 Å². The molecule has 2 aromatic carbocycles. The van der Waals surface area contributed by atoms with E-state index in [2.05, 4.69) is 0 Å². The third-order valence-corrected chi connectivity index (χ3v) is 2.94. The van der Waals surface area contributed by atoms with Crippen LogP contribution in [0.15, 0.2) is 60.7 Å². The topological polar surface area (TPSA) is 29.5 Å². The maximum Gasteiger partial charge on any atom is 0.128 e. The van der Waals surface area contributed by atoms with Crippen molar-refractivity contribution in [2.75, 3.05) is 6.61 Å². The normalized spacial score (nSPS) is 11.4. The van der Waals surface area contributed by atoms with Crippen molar-refractivity contribution >= 4 is 13.5 Å². The van der Waals surface area contributed by atoms with E-state index < -0.39 is 0 Å². The number of rotatable bonds is 5. The van der Waals surface area contributed by atoms with E-state index in [1.54, 1.807) is 0 Å². The molecule has 2 rings (SSSR count). The van der Waals surface area contributed by atoms with E-state index in [-0.39, 0.29) is 32.1 Å². The van der Waals surface area contributed by atoms with Crippen molar-refractivity contribution in [3.8, 4) is 5.75 Å². The number of hydrogen-bond acceptors (Lipinski definition) is 2. The highest BCUT2D eigenvalue weighted by Crippen LogP contribution is 2.27. The van der Waals surface area contributed by atoms with Crippen LogP contribution in [0.2, 0.25) is 0 Å². The summed E-state index contributed by atoms with van der Waals surface area (Å²) in [5.41, 5.74) is 1.09. The van der Waals surface area contributed by atoms with Gasteiger partial charge in [0.1, 0.15) is 11.9 Å². The fourth-order valence-corrected chi connectivity index (χ4v) is 1.90. The third-order valence-electron chi connectivity index (χ3n) is 2.94. The van der Waals surface area contributed by atoms with Crippen LogP contribution >= 0.6 is 13.5 Å². The third kappa shape index (κ3) is 8.68.